The molecule has 3 N–H and O–H groups in total. The maximum Gasteiger partial charge on any atom is 0.240 e. The Morgan fingerprint density at radius 1 is 1.47 bits per heavy atom. The van der Waals surface area contributed by atoms with Crippen molar-refractivity contribution in [2.45, 2.75) is 31.2 Å². The average molecular weight is 260 g/mol. The SMILES string of the molecule is CCC(N)CNS(=O)(=O)c1ccc(C)c(F)c1. The van der Waals surface area contributed by atoms with E-state index in [4.69, 9.17) is 5.73 Å². The zero-order valence-electron chi connectivity index (χ0n) is 9.90. The molecule has 0 saturated carbocycles. The molecule has 0 aromatic heterocycles. The van der Waals surface area contributed by atoms with Crippen molar-refractivity contribution in [1.29, 1.82) is 0 Å². The van der Waals surface area contributed by atoms with Crippen molar-refractivity contribution >= 4 is 10.0 Å². The van der Waals surface area contributed by atoms with Crippen molar-refractivity contribution in [3.8, 4) is 0 Å². The summed E-state index contributed by atoms with van der Waals surface area (Å²) in [6, 6.07) is 3.58. The minimum Gasteiger partial charge on any atom is -0.327 e. The fourth-order valence-electron chi connectivity index (χ4n) is 1.19. The number of aryl methyl sites for hydroxylation is 1. The van der Waals surface area contributed by atoms with Gasteiger partial charge in [-0.1, -0.05) is 13.0 Å². The molecule has 4 nitrogen and oxygen atoms in total. The fraction of sp³-hybridized carbons (Fsp3) is 0.455. The van der Waals surface area contributed by atoms with E-state index in [0.717, 1.165) is 6.07 Å². The quantitative estimate of drug-likeness (QED) is 0.834. The van der Waals surface area contributed by atoms with Crippen LogP contribution in [0, 0.1) is 12.7 Å². The lowest BCUT2D eigenvalue weighted by Crippen LogP contribution is -2.36. The van der Waals surface area contributed by atoms with Crippen LogP contribution >= 0.6 is 0 Å². The Morgan fingerprint density at radius 2 is 2.12 bits per heavy atom. The monoisotopic (exact) mass is 260 g/mol. The van der Waals surface area contributed by atoms with E-state index in [0.29, 0.717) is 12.0 Å². The average Bonchev–Trinajstić information content (AvgIpc) is 2.29. The highest BCUT2D eigenvalue weighted by Gasteiger charge is 2.16. The van der Waals surface area contributed by atoms with Crippen LogP contribution in [0.4, 0.5) is 4.39 Å². The molecule has 0 spiro atoms. The Hall–Kier alpha value is -0.980. The van der Waals surface area contributed by atoms with Gasteiger partial charge in [-0.15, -0.1) is 0 Å². The van der Waals surface area contributed by atoms with Crippen LogP contribution in [-0.2, 0) is 10.0 Å². The summed E-state index contributed by atoms with van der Waals surface area (Å²) in [6.45, 7) is 3.59. The predicted molar refractivity (Wildman–Crippen MR) is 64.6 cm³/mol. The number of rotatable bonds is 5. The van der Waals surface area contributed by atoms with Crippen LogP contribution in [-0.4, -0.2) is 21.0 Å². The predicted octanol–water partition coefficient (Wildman–Crippen LogP) is 1.15. The van der Waals surface area contributed by atoms with Crippen molar-refractivity contribution in [1.82, 2.24) is 4.72 Å². The molecule has 0 amide bonds. The van der Waals surface area contributed by atoms with Crippen molar-refractivity contribution in [2.75, 3.05) is 6.54 Å². The molecule has 17 heavy (non-hydrogen) atoms. The van der Waals surface area contributed by atoms with Gasteiger partial charge in [-0.25, -0.2) is 17.5 Å². The maximum absolute atomic E-state index is 13.3. The van der Waals surface area contributed by atoms with Gasteiger partial charge in [0, 0.05) is 12.6 Å². The van der Waals surface area contributed by atoms with Gasteiger partial charge in [0.1, 0.15) is 5.82 Å². The highest BCUT2D eigenvalue weighted by molar-refractivity contribution is 7.89. The van der Waals surface area contributed by atoms with E-state index in [1.807, 2.05) is 6.92 Å². The third-order valence-electron chi connectivity index (χ3n) is 2.51. The number of hydrogen-bond acceptors (Lipinski definition) is 3. The molecule has 0 bridgehead atoms. The summed E-state index contributed by atoms with van der Waals surface area (Å²) in [5.41, 5.74) is 6.02. The number of benzene rings is 1. The third kappa shape index (κ3) is 3.76. The first kappa shape index (κ1) is 14.1. The van der Waals surface area contributed by atoms with Gasteiger partial charge in [-0.2, -0.15) is 0 Å². The van der Waals surface area contributed by atoms with Crippen molar-refractivity contribution in [2.24, 2.45) is 5.73 Å². The molecule has 0 fully saturated rings. The van der Waals surface area contributed by atoms with Gasteiger partial charge in [0.2, 0.25) is 10.0 Å². The molecule has 1 unspecified atom stereocenters. The van der Waals surface area contributed by atoms with Gasteiger partial charge in [0.15, 0.2) is 0 Å². The minimum absolute atomic E-state index is 0.0797. The normalized spacial score (nSPS) is 13.6. The summed E-state index contributed by atoms with van der Waals surface area (Å²) in [6.07, 6.45) is 0.671. The first-order valence-corrected chi connectivity index (χ1v) is 6.86. The lowest BCUT2D eigenvalue weighted by atomic mass is 10.2. The first-order valence-electron chi connectivity index (χ1n) is 5.38. The van der Waals surface area contributed by atoms with Crippen LogP contribution in [0.5, 0.6) is 0 Å². The van der Waals surface area contributed by atoms with E-state index in [9.17, 15) is 12.8 Å². The molecule has 1 aromatic rings. The molecule has 0 aliphatic heterocycles. The Kier molecular flexibility index (Phi) is 4.62. The summed E-state index contributed by atoms with van der Waals surface area (Å²) < 4.78 is 39.2. The van der Waals surface area contributed by atoms with Crippen LogP contribution in [0.15, 0.2) is 23.1 Å². The second-order valence-electron chi connectivity index (χ2n) is 3.93. The second kappa shape index (κ2) is 5.57. The lowest BCUT2D eigenvalue weighted by molar-refractivity contribution is 0.561. The zero-order chi connectivity index (χ0) is 13.1. The molecule has 1 rings (SSSR count). The van der Waals surface area contributed by atoms with E-state index in [1.165, 1.54) is 12.1 Å². The summed E-state index contributed by atoms with van der Waals surface area (Å²) >= 11 is 0. The fourth-order valence-corrected chi connectivity index (χ4v) is 2.29. The number of hydrogen-bond donors (Lipinski definition) is 2. The molecule has 0 saturated heterocycles. The Bertz CT molecular complexity index is 488. The van der Waals surface area contributed by atoms with Gasteiger partial charge in [-0.05, 0) is 31.0 Å². The molecule has 0 aliphatic rings. The standard InChI is InChI=1S/C11H17FN2O2S/c1-3-9(13)7-14-17(15,16)10-5-4-8(2)11(12)6-10/h4-6,9,14H,3,7,13H2,1-2H3. The highest BCUT2D eigenvalue weighted by Crippen LogP contribution is 2.13. The maximum atomic E-state index is 13.3. The van der Waals surface area contributed by atoms with E-state index in [-0.39, 0.29) is 17.5 Å². The van der Waals surface area contributed by atoms with Crippen molar-refractivity contribution in [3.63, 3.8) is 0 Å². The Labute approximate surface area is 101 Å². The zero-order valence-corrected chi connectivity index (χ0v) is 10.7. The van der Waals surface area contributed by atoms with E-state index in [1.54, 1.807) is 6.92 Å². The largest absolute Gasteiger partial charge is 0.327 e. The van der Waals surface area contributed by atoms with Crippen LogP contribution in [0.2, 0.25) is 0 Å². The molecule has 96 valence electrons. The van der Waals surface area contributed by atoms with Gasteiger partial charge < -0.3 is 5.73 Å². The second-order valence-corrected chi connectivity index (χ2v) is 5.70. The summed E-state index contributed by atoms with van der Waals surface area (Å²) in [4.78, 5) is -0.0797. The summed E-state index contributed by atoms with van der Waals surface area (Å²) in [5.74, 6) is -0.535. The van der Waals surface area contributed by atoms with Crippen LogP contribution in [0.1, 0.15) is 18.9 Å². The highest BCUT2D eigenvalue weighted by atomic mass is 32.2. The molecule has 0 heterocycles. The topological polar surface area (TPSA) is 72.2 Å². The number of sulfonamides is 1. The molecular formula is C11H17FN2O2S. The number of halogens is 1. The molecule has 6 heteroatoms. The molecule has 0 radical (unpaired) electrons. The first-order chi connectivity index (χ1) is 7.86. The molecular weight excluding hydrogens is 243 g/mol. The number of nitrogens with two attached hydrogens (primary N) is 1. The van der Waals surface area contributed by atoms with Crippen LogP contribution in [0.25, 0.3) is 0 Å². The van der Waals surface area contributed by atoms with E-state index in [2.05, 4.69) is 4.72 Å². The third-order valence-corrected chi connectivity index (χ3v) is 3.93. The van der Waals surface area contributed by atoms with Gasteiger partial charge in [-0.3, -0.25) is 0 Å². The summed E-state index contributed by atoms with van der Waals surface area (Å²) in [7, 11) is -3.67. The molecule has 0 aliphatic carbocycles. The van der Waals surface area contributed by atoms with Gasteiger partial charge in [0.25, 0.3) is 0 Å². The Morgan fingerprint density at radius 3 is 2.65 bits per heavy atom. The Balaban J connectivity index is 2.86. The van der Waals surface area contributed by atoms with Crippen molar-refractivity contribution < 1.29 is 12.8 Å². The lowest BCUT2D eigenvalue weighted by Gasteiger charge is -2.11. The summed E-state index contributed by atoms with van der Waals surface area (Å²) in [5, 5.41) is 0. The minimum atomic E-state index is -3.67. The van der Waals surface area contributed by atoms with E-state index < -0.39 is 15.8 Å². The van der Waals surface area contributed by atoms with Crippen molar-refractivity contribution in [3.05, 3.63) is 29.6 Å². The van der Waals surface area contributed by atoms with Gasteiger partial charge in [0.05, 0.1) is 4.90 Å². The van der Waals surface area contributed by atoms with E-state index >= 15 is 0 Å². The molecule has 1 atom stereocenters. The number of nitrogens with one attached hydrogen (secondary N) is 1. The molecule has 1 aromatic carbocycles. The van der Waals surface area contributed by atoms with Crippen LogP contribution < -0.4 is 10.5 Å². The smallest absolute Gasteiger partial charge is 0.240 e. The van der Waals surface area contributed by atoms with Gasteiger partial charge >= 0.3 is 0 Å². The van der Waals surface area contributed by atoms with Crippen LogP contribution in [0.3, 0.4) is 0 Å².